The van der Waals surface area contributed by atoms with Crippen LogP contribution < -0.4 is 0 Å². The average molecular weight is 284 g/mol. The molecule has 2 aliphatic rings. The van der Waals surface area contributed by atoms with E-state index in [1.54, 1.807) is 0 Å². The van der Waals surface area contributed by atoms with Gasteiger partial charge in [-0.1, -0.05) is 6.42 Å². The zero-order valence-electron chi connectivity index (χ0n) is 12.8. The first kappa shape index (κ1) is 15.8. The molecule has 4 heteroatoms. The van der Waals surface area contributed by atoms with Gasteiger partial charge in [0.2, 0.25) is 0 Å². The molecule has 0 aromatic heterocycles. The molecule has 1 saturated carbocycles. The second kappa shape index (κ2) is 7.99. The molecule has 4 nitrogen and oxygen atoms in total. The SMILES string of the molecule is CC(C)OC(=O)[C@@H]1CCC[C@H](COC2CCCCO2)C1. The van der Waals surface area contributed by atoms with Crippen LogP contribution >= 0.6 is 0 Å². The number of rotatable bonds is 5. The third-order valence-electron chi connectivity index (χ3n) is 4.12. The van der Waals surface area contributed by atoms with Crippen molar-refractivity contribution < 1.29 is 19.0 Å². The molecule has 1 heterocycles. The third kappa shape index (κ3) is 5.06. The predicted octanol–water partition coefficient (Wildman–Crippen LogP) is 3.29. The highest BCUT2D eigenvalue weighted by atomic mass is 16.7. The van der Waals surface area contributed by atoms with Crippen LogP contribution in [0.3, 0.4) is 0 Å². The zero-order valence-corrected chi connectivity index (χ0v) is 12.8. The fraction of sp³-hybridized carbons (Fsp3) is 0.938. The fourth-order valence-electron chi connectivity index (χ4n) is 3.07. The minimum absolute atomic E-state index is 0.0187. The van der Waals surface area contributed by atoms with Crippen LogP contribution in [0, 0.1) is 11.8 Å². The molecule has 0 spiro atoms. The van der Waals surface area contributed by atoms with Crippen LogP contribution in [0.4, 0.5) is 0 Å². The third-order valence-corrected chi connectivity index (χ3v) is 4.12. The summed E-state index contributed by atoms with van der Waals surface area (Å²) < 4.78 is 16.8. The quantitative estimate of drug-likeness (QED) is 0.727. The van der Waals surface area contributed by atoms with Gasteiger partial charge in [-0.15, -0.1) is 0 Å². The lowest BCUT2D eigenvalue weighted by molar-refractivity contribution is -0.172. The van der Waals surface area contributed by atoms with Gasteiger partial charge in [0.15, 0.2) is 6.29 Å². The van der Waals surface area contributed by atoms with E-state index in [-0.39, 0.29) is 24.3 Å². The van der Waals surface area contributed by atoms with Crippen LogP contribution in [-0.4, -0.2) is 31.6 Å². The lowest BCUT2D eigenvalue weighted by atomic mass is 9.82. The van der Waals surface area contributed by atoms with Crippen molar-refractivity contribution in [3.8, 4) is 0 Å². The Balaban J connectivity index is 1.71. The summed E-state index contributed by atoms with van der Waals surface area (Å²) in [5.41, 5.74) is 0. The molecule has 0 aromatic rings. The topological polar surface area (TPSA) is 44.8 Å². The minimum Gasteiger partial charge on any atom is -0.463 e. The van der Waals surface area contributed by atoms with E-state index in [4.69, 9.17) is 14.2 Å². The maximum Gasteiger partial charge on any atom is 0.309 e. The number of carbonyl (C=O) groups is 1. The largest absolute Gasteiger partial charge is 0.463 e. The Kier molecular flexibility index (Phi) is 6.30. The van der Waals surface area contributed by atoms with Crippen LogP contribution in [0.5, 0.6) is 0 Å². The molecule has 2 rings (SSSR count). The van der Waals surface area contributed by atoms with Crippen LogP contribution in [-0.2, 0) is 19.0 Å². The first-order valence-electron chi connectivity index (χ1n) is 8.09. The first-order chi connectivity index (χ1) is 9.65. The highest BCUT2D eigenvalue weighted by Crippen LogP contribution is 2.31. The van der Waals surface area contributed by atoms with Crippen LogP contribution in [0.1, 0.15) is 58.8 Å². The Morgan fingerprint density at radius 2 is 2.05 bits per heavy atom. The lowest BCUT2D eigenvalue weighted by Gasteiger charge is -2.30. The van der Waals surface area contributed by atoms with E-state index in [0.29, 0.717) is 5.92 Å². The summed E-state index contributed by atoms with van der Waals surface area (Å²) in [5, 5.41) is 0. The summed E-state index contributed by atoms with van der Waals surface area (Å²) in [6, 6.07) is 0. The van der Waals surface area contributed by atoms with Crippen LogP contribution in [0.15, 0.2) is 0 Å². The van der Waals surface area contributed by atoms with Crippen molar-refractivity contribution in [2.45, 2.75) is 71.2 Å². The Morgan fingerprint density at radius 1 is 1.20 bits per heavy atom. The molecule has 0 amide bonds. The summed E-state index contributed by atoms with van der Waals surface area (Å²) >= 11 is 0. The zero-order chi connectivity index (χ0) is 14.4. The van der Waals surface area contributed by atoms with E-state index < -0.39 is 0 Å². The Hall–Kier alpha value is -0.610. The predicted molar refractivity (Wildman–Crippen MR) is 76.2 cm³/mol. The molecule has 1 aliphatic carbocycles. The van der Waals surface area contributed by atoms with Gasteiger partial charge in [-0.25, -0.2) is 0 Å². The number of hydrogen-bond donors (Lipinski definition) is 0. The Labute approximate surface area is 122 Å². The molecule has 116 valence electrons. The molecular formula is C16H28O4. The standard InChI is InChI=1S/C16H28O4/c1-12(2)20-16(17)14-7-5-6-13(10-14)11-19-15-8-3-4-9-18-15/h12-15H,3-11H2,1-2H3/t13-,14+,15?/m0/s1. The fourth-order valence-corrected chi connectivity index (χ4v) is 3.07. The van der Waals surface area contributed by atoms with E-state index in [9.17, 15) is 4.79 Å². The summed E-state index contributed by atoms with van der Waals surface area (Å²) in [6.45, 7) is 5.35. The maximum absolute atomic E-state index is 12.0. The number of hydrogen-bond acceptors (Lipinski definition) is 4. The number of esters is 1. The van der Waals surface area contributed by atoms with Gasteiger partial charge < -0.3 is 14.2 Å². The van der Waals surface area contributed by atoms with E-state index in [2.05, 4.69) is 0 Å². The number of ether oxygens (including phenoxy) is 3. The van der Waals surface area contributed by atoms with E-state index in [1.165, 1.54) is 6.42 Å². The molecule has 1 unspecified atom stereocenters. The van der Waals surface area contributed by atoms with Crippen molar-refractivity contribution in [3.05, 3.63) is 0 Å². The second-order valence-corrected chi connectivity index (χ2v) is 6.34. The monoisotopic (exact) mass is 284 g/mol. The van der Waals surface area contributed by atoms with Crippen LogP contribution in [0.2, 0.25) is 0 Å². The van der Waals surface area contributed by atoms with Gasteiger partial charge in [-0.2, -0.15) is 0 Å². The Bertz CT molecular complexity index is 297. The van der Waals surface area contributed by atoms with Gasteiger partial charge in [0.1, 0.15) is 0 Å². The maximum atomic E-state index is 12.0. The Morgan fingerprint density at radius 3 is 2.75 bits per heavy atom. The second-order valence-electron chi connectivity index (χ2n) is 6.34. The lowest BCUT2D eigenvalue weighted by Crippen LogP contribution is -2.30. The van der Waals surface area contributed by atoms with Gasteiger partial charge in [0.25, 0.3) is 0 Å². The minimum atomic E-state index is -0.0291. The normalized spacial score (nSPS) is 31.2. The molecule has 1 saturated heterocycles. The highest BCUT2D eigenvalue weighted by Gasteiger charge is 2.29. The van der Waals surface area contributed by atoms with Crippen molar-refractivity contribution in [2.24, 2.45) is 11.8 Å². The summed E-state index contributed by atoms with van der Waals surface area (Å²) in [5.74, 6) is 0.504. The molecular weight excluding hydrogens is 256 g/mol. The van der Waals surface area contributed by atoms with Crippen molar-refractivity contribution in [2.75, 3.05) is 13.2 Å². The van der Waals surface area contributed by atoms with E-state index >= 15 is 0 Å². The van der Waals surface area contributed by atoms with E-state index in [0.717, 1.165) is 51.7 Å². The van der Waals surface area contributed by atoms with Crippen molar-refractivity contribution in [3.63, 3.8) is 0 Å². The molecule has 2 fully saturated rings. The molecule has 3 atom stereocenters. The first-order valence-corrected chi connectivity index (χ1v) is 8.09. The average Bonchev–Trinajstić information content (AvgIpc) is 2.46. The van der Waals surface area contributed by atoms with Crippen molar-refractivity contribution >= 4 is 5.97 Å². The highest BCUT2D eigenvalue weighted by molar-refractivity contribution is 5.72. The smallest absolute Gasteiger partial charge is 0.309 e. The van der Waals surface area contributed by atoms with Crippen molar-refractivity contribution in [1.29, 1.82) is 0 Å². The molecule has 0 N–H and O–H groups in total. The molecule has 0 aromatic carbocycles. The van der Waals surface area contributed by atoms with Gasteiger partial charge in [0, 0.05) is 6.61 Å². The molecule has 20 heavy (non-hydrogen) atoms. The van der Waals surface area contributed by atoms with Gasteiger partial charge in [-0.3, -0.25) is 4.79 Å². The summed E-state index contributed by atoms with van der Waals surface area (Å²) in [6.07, 6.45) is 7.41. The van der Waals surface area contributed by atoms with Gasteiger partial charge >= 0.3 is 5.97 Å². The molecule has 0 bridgehead atoms. The van der Waals surface area contributed by atoms with Crippen molar-refractivity contribution in [1.82, 2.24) is 0 Å². The van der Waals surface area contributed by atoms with Gasteiger partial charge in [0.05, 0.1) is 18.6 Å². The summed E-state index contributed by atoms with van der Waals surface area (Å²) in [7, 11) is 0. The molecule has 1 aliphatic heterocycles. The number of carbonyl (C=O) groups excluding carboxylic acids is 1. The van der Waals surface area contributed by atoms with Crippen LogP contribution in [0.25, 0.3) is 0 Å². The van der Waals surface area contributed by atoms with E-state index in [1.807, 2.05) is 13.8 Å². The molecule has 0 radical (unpaired) electrons. The van der Waals surface area contributed by atoms with Gasteiger partial charge in [-0.05, 0) is 58.3 Å². The summed E-state index contributed by atoms with van der Waals surface area (Å²) in [4.78, 5) is 12.0.